The van der Waals surface area contributed by atoms with Gasteiger partial charge in [0.2, 0.25) is 0 Å². The molecule has 0 spiro atoms. The van der Waals surface area contributed by atoms with Gasteiger partial charge in [-0.15, -0.1) is 0 Å². The molecule has 1 amide bonds. The first-order chi connectivity index (χ1) is 20.0. The number of aliphatic carboxylic acids is 1. The number of amides is 1. The average molecular weight is 575 g/mol. The number of aliphatic hydroxyl groups excluding tert-OH is 2. The fourth-order valence-corrected chi connectivity index (χ4v) is 5.23. The highest BCUT2D eigenvalue weighted by molar-refractivity contribution is 6.12. The average Bonchev–Trinajstić information content (AvgIpc) is 3.29. The predicted octanol–water partition coefficient (Wildman–Crippen LogP) is 6.02. The Hall–Kier alpha value is -4.47. The Bertz CT molecular complexity index is 1520. The summed E-state index contributed by atoms with van der Waals surface area (Å²) in [7, 11) is 0. The second-order valence-electron chi connectivity index (χ2n) is 10.6. The summed E-state index contributed by atoms with van der Waals surface area (Å²) in [5, 5.41) is 42.4. The van der Waals surface area contributed by atoms with Crippen molar-refractivity contribution in [3.63, 3.8) is 0 Å². The van der Waals surface area contributed by atoms with Crippen LogP contribution in [-0.4, -0.2) is 49.1 Å². The van der Waals surface area contributed by atoms with Crippen molar-refractivity contribution < 1.29 is 34.4 Å². The van der Waals surface area contributed by atoms with Gasteiger partial charge in [0.25, 0.3) is 5.91 Å². The summed E-state index contributed by atoms with van der Waals surface area (Å²) in [6.07, 6.45) is -2.62. The summed E-state index contributed by atoms with van der Waals surface area (Å²) < 4.78 is 16.0. The van der Waals surface area contributed by atoms with Crippen molar-refractivity contribution in [3.8, 4) is 28.1 Å². The highest BCUT2D eigenvalue weighted by atomic mass is 19.1. The molecule has 0 bridgehead atoms. The van der Waals surface area contributed by atoms with Crippen molar-refractivity contribution in [1.82, 2.24) is 4.57 Å². The fourth-order valence-electron chi connectivity index (χ4n) is 5.23. The maximum Gasteiger partial charge on any atom is 0.305 e. The summed E-state index contributed by atoms with van der Waals surface area (Å²) in [6, 6.07) is 21.5. The minimum absolute atomic E-state index is 0.0672. The first kappa shape index (κ1) is 30.5. The smallest absolute Gasteiger partial charge is 0.305 e. The SMILES string of the molecule is CC(C)c1c(C(=O)Nc2ccc(O)cc2)c(-c2ccccc2)c(-c2ccc(F)cc2)n1CC[C@@H](O)C[C@H](O)CC(=O)O. The Kier molecular flexibility index (Phi) is 9.77. The predicted molar refractivity (Wildman–Crippen MR) is 159 cm³/mol. The third-order valence-corrected chi connectivity index (χ3v) is 7.02. The van der Waals surface area contributed by atoms with Crippen molar-refractivity contribution in [3.05, 3.63) is 95.9 Å². The number of halogens is 1. The van der Waals surface area contributed by atoms with Gasteiger partial charge < -0.3 is 30.3 Å². The molecule has 0 fully saturated rings. The zero-order chi connectivity index (χ0) is 30.4. The van der Waals surface area contributed by atoms with Gasteiger partial charge in [0.1, 0.15) is 11.6 Å². The molecule has 5 N–H and O–H groups in total. The number of benzene rings is 3. The lowest BCUT2D eigenvalue weighted by atomic mass is 9.94. The second-order valence-corrected chi connectivity index (χ2v) is 10.6. The van der Waals surface area contributed by atoms with Crippen LogP contribution in [0.4, 0.5) is 10.1 Å². The van der Waals surface area contributed by atoms with Crippen LogP contribution in [0.25, 0.3) is 22.4 Å². The molecule has 0 saturated heterocycles. The van der Waals surface area contributed by atoms with Crippen LogP contribution in [-0.2, 0) is 11.3 Å². The quantitative estimate of drug-likeness (QED) is 0.132. The zero-order valence-electron chi connectivity index (χ0n) is 23.5. The van der Waals surface area contributed by atoms with Crippen molar-refractivity contribution in [1.29, 1.82) is 0 Å². The number of carbonyl (C=O) groups excluding carboxylic acids is 1. The van der Waals surface area contributed by atoms with Crippen LogP contribution in [0.5, 0.6) is 5.75 Å². The summed E-state index contributed by atoms with van der Waals surface area (Å²) in [6.45, 7) is 4.16. The molecule has 0 aliphatic carbocycles. The number of carbonyl (C=O) groups is 2. The molecule has 1 heterocycles. The number of hydrogen-bond acceptors (Lipinski definition) is 5. The van der Waals surface area contributed by atoms with Crippen molar-refractivity contribution in [2.75, 3.05) is 5.32 Å². The van der Waals surface area contributed by atoms with Gasteiger partial charge in [-0.3, -0.25) is 9.59 Å². The lowest BCUT2D eigenvalue weighted by Gasteiger charge is -2.20. The van der Waals surface area contributed by atoms with Gasteiger partial charge in [0, 0.05) is 23.5 Å². The molecule has 2 atom stereocenters. The van der Waals surface area contributed by atoms with E-state index in [-0.39, 0.29) is 37.0 Å². The number of nitrogens with one attached hydrogen (secondary N) is 1. The largest absolute Gasteiger partial charge is 0.508 e. The van der Waals surface area contributed by atoms with Crippen LogP contribution in [0.3, 0.4) is 0 Å². The number of carboxylic acid groups (broad SMARTS) is 1. The number of hydrogen-bond donors (Lipinski definition) is 5. The van der Waals surface area contributed by atoms with Gasteiger partial charge in [-0.2, -0.15) is 0 Å². The van der Waals surface area contributed by atoms with Crippen molar-refractivity contribution >= 4 is 17.6 Å². The number of rotatable bonds is 12. The van der Waals surface area contributed by atoms with Gasteiger partial charge in [-0.05, 0) is 78.4 Å². The monoisotopic (exact) mass is 574 g/mol. The fraction of sp³-hybridized carbons (Fsp3) is 0.273. The third kappa shape index (κ3) is 7.23. The van der Waals surface area contributed by atoms with E-state index in [0.717, 1.165) is 5.56 Å². The molecule has 0 saturated carbocycles. The molecular weight excluding hydrogens is 539 g/mol. The van der Waals surface area contributed by atoms with Gasteiger partial charge >= 0.3 is 5.97 Å². The van der Waals surface area contributed by atoms with E-state index in [1.54, 1.807) is 24.3 Å². The first-order valence-corrected chi connectivity index (χ1v) is 13.8. The molecule has 42 heavy (non-hydrogen) atoms. The van der Waals surface area contributed by atoms with Crippen LogP contribution >= 0.6 is 0 Å². The lowest BCUT2D eigenvalue weighted by molar-refractivity contribution is -0.139. The Morgan fingerprint density at radius 2 is 1.52 bits per heavy atom. The minimum atomic E-state index is -1.20. The number of phenolic OH excluding ortho intramolecular Hbond substituents is 1. The molecule has 3 aromatic carbocycles. The molecule has 4 rings (SSSR count). The van der Waals surface area contributed by atoms with Crippen molar-refractivity contribution in [2.45, 2.75) is 57.8 Å². The third-order valence-electron chi connectivity index (χ3n) is 7.02. The minimum Gasteiger partial charge on any atom is -0.508 e. The van der Waals surface area contributed by atoms with Crippen molar-refractivity contribution in [2.24, 2.45) is 0 Å². The molecule has 8 nitrogen and oxygen atoms in total. The van der Waals surface area contributed by atoms with Crippen LogP contribution < -0.4 is 5.32 Å². The number of anilines is 1. The van der Waals surface area contributed by atoms with E-state index >= 15 is 0 Å². The van der Waals surface area contributed by atoms with Crippen LogP contribution in [0.15, 0.2) is 78.9 Å². The number of aliphatic hydroxyl groups is 2. The molecule has 220 valence electrons. The van der Waals surface area contributed by atoms with Gasteiger partial charge in [-0.25, -0.2) is 4.39 Å². The number of phenols is 1. The first-order valence-electron chi connectivity index (χ1n) is 13.8. The zero-order valence-corrected chi connectivity index (χ0v) is 23.5. The Morgan fingerprint density at radius 3 is 2.12 bits per heavy atom. The highest BCUT2D eigenvalue weighted by Crippen LogP contribution is 2.42. The Morgan fingerprint density at radius 1 is 0.881 bits per heavy atom. The van der Waals surface area contributed by atoms with E-state index in [0.29, 0.717) is 33.8 Å². The van der Waals surface area contributed by atoms with E-state index < -0.39 is 30.4 Å². The van der Waals surface area contributed by atoms with E-state index in [4.69, 9.17) is 5.11 Å². The Labute approximate surface area is 243 Å². The van der Waals surface area contributed by atoms with Gasteiger partial charge in [0.15, 0.2) is 0 Å². The van der Waals surface area contributed by atoms with Gasteiger partial charge in [0.05, 0.1) is 29.9 Å². The summed E-state index contributed by atoms with van der Waals surface area (Å²) >= 11 is 0. The van der Waals surface area contributed by atoms with Gasteiger partial charge in [-0.1, -0.05) is 44.2 Å². The highest BCUT2D eigenvalue weighted by Gasteiger charge is 2.31. The molecule has 9 heteroatoms. The molecule has 0 unspecified atom stereocenters. The number of nitrogens with zero attached hydrogens (tertiary/aromatic N) is 1. The molecule has 0 radical (unpaired) electrons. The van der Waals surface area contributed by atoms with E-state index in [9.17, 15) is 29.3 Å². The summed E-state index contributed by atoms with van der Waals surface area (Å²) in [5.41, 5.74) is 4.35. The van der Waals surface area contributed by atoms with Crippen LogP contribution in [0.1, 0.15) is 55.1 Å². The topological polar surface area (TPSA) is 132 Å². The second kappa shape index (κ2) is 13.5. The standard InChI is InChI=1S/C33H35FN2O6/c1-20(2)31-30(33(42)35-24-12-14-25(37)15-13-24)29(21-6-4-3-5-7-21)32(22-8-10-23(34)11-9-22)36(31)17-16-26(38)18-27(39)19-28(40)41/h3-15,20,26-27,37-39H,16-19H2,1-2H3,(H,35,42)(H,40,41)/t26-,27+/m1/s1. The maximum atomic E-state index is 14.1. The molecular formula is C33H35FN2O6. The van der Waals surface area contributed by atoms with Crippen LogP contribution in [0.2, 0.25) is 0 Å². The lowest BCUT2D eigenvalue weighted by Crippen LogP contribution is -2.22. The number of aromatic nitrogens is 1. The Balaban J connectivity index is 1.89. The molecule has 1 aromatic heterocycles. The molecule has 4 aromatic rings. The van der Waals surface area contributed by atoms with E-state index in [1.807, 2.05) is 48.7 Å². The maximum absolute atomic E-state index is 14.1. The van der Waals surface area contributed by atoms with E-state index in [2.05, 4.69) is 5.32 Å². The van der Waals surface area contributed by atoms with E-state index in [1.165, 1.54) is 24.3 Å². The molecule has 0 aliphatic rings. The number of carboxylic acids is 1. The number of aromatic hydroxyl groups is 1. The summed E-state index contributed by atoms with van der Waals surface area (Å²) in [4.78, 5) is 25.1. The molecule has 0 aliphatic heterocycles. The summed E-state index contributed by atoms with van der Waals surface area (Å²) in [5.74, 6) is -2.02. The van der Waals surface area contributed by atoms with Crippen LogP contribution in [0, 0.1) is 5.82 Å². The normalized spacial score (nSPS) is 12.7.